The lowest BCUT2D eigenvalue weighted by molar-refractivity contribution is -0.132. The van der Waals surface area contributed by atoms with Crippen LogP contribution >= 0.6 is 0 Å². The van der Waals surface area contributed by atoms with E-state index < -0.39 is 27.8 Å². The van der Waals surface area contributed by atoms with E-state index in [4.69, 9.17) is 14.2 Å². The first-order valence-corrected chi connectivity index (χ1v) is 20.9. The van der Waals surface area contributed by atoms with Crippen LogP contribution in [-0.2, 0) is 49.0 Å². The van der Waals surface area contributed by atoms with Crippen molar-refractivity contribution in [3.63, 3.8) is 0 Å². The van der Waals surface area contributed by atoms with E-state index in [2.05, 4.69) is 51.3 Å². The van der Waals surface area contributed by atoms with Crippen molar-refractivity contribution >= 4 is 27.4 Å². The molecule has 5 aliphatic rings. The zero-order valence-electron chi connectivity index (χ0n) is 31.1. The van der Waals surface area contributed by atoms with Crippen LogP contribution in [-0.4, -0.2) is 60.8 Å². The number of nitrogens with zero attached hydrogens (tertiary/aromatic N) is 2. The lowest BCUT2D eigenvalue weighted by Crippen LogP contribution is -2.49. The maximum Gasteiger partial charge on any atom is 0.286 e. The van der Waals surface area contributed by atoms with Crippen LogP contribution in [0.1, 0.15) is 77.2 Å². The highest BCUT2D eigenvalue weighted by atomic mass is 32.2. The van der Waals surface area contributed by atoms with Gasteiger partial charge in [-0.05, 0) is 104 Å². The monoisotopic (exact) mass is 737 g/mol. The first kappa shape index (κ1) is 36.0. The number of carbonyl (C=O) groups is 2. The Morgan fingerprint density at radius 1 is 1.08 bits per heavy atom. The zero-order chi connectivity index (χ0) is 36.7. The second-order valence-corrected chi connectivity index (χ2v) is 18.1. The molecule has 1 saturated carbocycles. The number of amides is 2. The molecule has 1 fully saturated rings. The number of hydrogen-bond acceptors (Lipinski definition) is 7. The largest absolute Gasteiger partial charge is 0.490 e. The molecule has 0 saturated heterocycles. The Morgan fingerprint density at radius 2 is 1.92 bits per heavy atom. The summed E-state index contributed by atoms with van der Waals surface area (Å²) in [6, 6.07) is 20.1. The Hall–Kier alpha value is -3.99. The average Bonchev–Trinajstić information content (AvgIpc) is 3.28. The average molecular weight is 738 g/mol. The fourth-order valence-corrected chi connectivity index (χ4v) is 11.2. The molecule has 2 amide bonds. The molecular weight excluding hydrogens is 687 g/mol. The summed E-state index contributed by atoms with van der Waals surface area (Å²) in [7, 11) is -1.75. The van der Waals surface area contributed by atoms with Crippen molar-refractivity contribution in [3.8, 4) is 5.75 Å². The van der Waals surface area contributed by atoms with Crippen molar-refractivity contribution < 1.29 is 28.0 Å². The molecule has 3 heterocycles. The van der Waals surface area contributed by atoms with Crippen molar-refractivity contribution in [3.05, 3.63) is 106 Å². The Bertz CT molecular complexity index is 2050. The third-order valence-electron chi connectivity index (χ3n) is 12.2. The Morgan fingerprint density at radius 3 is 2.74 bits per heavy atom. The number of nitrogens with one attached hydrogen (secondary N) is 1. The minimum absolute atomic E-state index is 0.0173. The van der Waals surface area contributed by atoms with Gasteiger partial charge in [-0.3, -0.25) is 14.3 Å². The minimum atomic E-state index is -3.53. The number of methoxy groups -OCH3 is 1. The number of rotatable bonds is 3. The van der Waals surface area contributed by atoms with Gasteiger partial charge in [0.05, 0.1) is 30.8 Å². The highest BCUT2D eigenvalue weighted by molar-refractivity contribution is 7.92. The highest BCUT2D eigenvalue weighted by Crippen LogP contribution is 2.47. The number of carbonyl (C=O) groups excluding carboxylic acids is 2. The van der Waals surface area contributed by atoms with E-state index in [0.717, 1.165) is 67.8 Å². The third kappa shape index (κ3) is 7.30. The molecule has 3 aliphatic heterocycles. The molecule has 9 nitrogen and oxygen atoms in total. The highest BCUT2D eigenvalue weighted by Gasteiger charge is 2.44. The summed E-state index contributed by atoms with van der Waals surface area (Å²) in [4.78, 5) is 30.2. The van der Waals surface area contributed by atoms with Gasteiger partial charge >= 0.3 is 0 Å². The number of anilines is 1. The first-order chi connectivity index (χ1) is 25.6. The molecule has 1 unspecified atom stereocenters. The molecule has 7 atom stereocenters. The van der Waals surface area contributed by atoms with Gasteiger partial charge in [-0.15, -0.1) is 4.36 Å². The number of hydrogen-bond donors (Lipinski definition) is 1. The molecule has 2 aliphatic carbocycles. The maximum absolute atomic E-state index is 14.7. The van der Waals surface area contributed by atoms with Gasteiger partial charge in [0.1, 0.15) is 21.8 Å². The van der Waals surface area contributed by atoms with Crippen molar-refractivity contribution in [2.24, 2.45) is 22.1 Å². The fourth-order valence-electron chi connectivity index (χ4n) is 9.27. The van der Waals surface area contributed by atoms with Gasteiger partial charge in [-0.1, -0.05) is 67.1 Å². The molecule has 280 valence electrons. The number of ether oxygens (including phenoxy) is 3. The van der Waals surface area contributed by atoms with Crippen LogP contribution in [0.25, 0.3) is 0 Å². The predicted octanol–water partition coefficient (Wildman–Crippen LogP) is 6.89. The summed E-state index contributed by atoms with van der Waals surface area (Å²) in [6.45, 7) is 6.53. The SMILES string of the molecule is CO[C@H]1/C=C/C[C@H](C)CS(=O)(NC(=O)[C@H]2Cc3ccccc3CO2)=NC(=O)c2ccc3c(c2)N(C[C@@H]2CC[C@H]21)C[C@@]1(CCCc2cc(C)ccc21)CO3. The number of allylic oxidation sites excluding steroid dienone is 1. The summed E-state index contributed by atoms with van der Waals surface area (Å²) in [5.41, 5.74) is 7.04. The molecular formula is C43H51N3O6S. The van der Waals surface area contributed by atoms with Gasteiger partial charge in [-0.2, -0.15) is 0 Å². The minimum Gasteiger partial charge on any atom is -0.490 e. The predicted molar refractivity (Wildman–Crippen MR) is 207 cm³/mol. The Labute approximate surface area is 313 Å². The molecule has 1 spiro atoms. The molecule has 8 rings (SSSR count). The van der Waals surface area contributed by atoms with E-state index in [1.54, 1.807) is 13.2 Å². The second kappa shape index (κ2) is 14.7. The smallest absolute Gasteiger partial charge is 0.286 e. The van der Waals surface area contributed by atoms with Crippen LogP contribution in [0.2, 0.25) is 0 Å². The molecule has 2 bridgehead atoms. The van der Waals surface area contributed by atoms with Crippen molar-refractivity contribution in [1.29, 1.82) is 0 Å². The molecule has 53 heavy (non-hydrogen) atoms. The van der Waals surface area contributed by atoms with Crippen LogP contribution in [0, 0.1) is 24.7 Å². The summed E-state index contributed by atoms with van der Waals surface area (Å²) >= 11 is 0. The molecule has 10 heteroatoms. The quantitative estimate of drug-likeness (QED) is 0.292. The summed E-state index contributed by atoms with van der Waals surface area (Å²) in [6.07, 6.45) is 9.69. The van der Waals surface area contributed by atoms with Crippen LogP contribution in [0.4, 0.5) is 5.69 Å². The van der Waals surface area contributed by atoms with E-state index in [-0.39, 0.29) is 29.8 Å². The van der Waals surface area contributed by atoms with Gasteiger partial charge in [0.15, 0.2) is 0 Å². The Kier molecular flexibility index (Phi) is 9.98. The number of fused-ring (bicyclic) bond motifs is 5. The van der Waals surface area contributed by atoms with Crippen molar-refractivity contribution in [2.75, 3.05) is 37.5 Å². The van der Waals surface area contributed by atoms with E-state index in [1.165, 1.54) is 16.7 Å². The first-order valence-electron chi connectivity index (χ1n) is 19.2. The van der Waals surface area contributed by atoms with Crippen LogP contribution in [0.15, 0.2) is 77.2 Å². The molecule has 0 radical (unpaired) electrons. The lowest BCUT2D eigenvalue weighted by Gasteiger charge is -2.46. The molecule has 1 N–H and O–H groups in total. The fraction of sp³-hybridized carbons (Fsp3) is 0.488. The maximum atomic E-state index is 14.7. The summed E-state index contributed by atoms with van der Waals surface area (Å²) in [5.74, 6) is 0.225. The summed E-state index contributed by atoms with van der Waals surface area (Å²) in [5, 5.41) is 0. The van der Waals surface area contributed by atoms with Gasteiger partial charge in [-0.25, -0.2) is 4.21 Å². The second-order valence-electron chi connectivity index (χ2n) is 16.1. The van der Waals surface area contributed by atoms with E-state index in [9.17, 15) is 13.8 Å². The normalized spacial score (nSPS) is 31.7. The van der Waals surface area contributed by atoms with Gasteiger partial charge in [0, 0.05) is 37.6 Å². The third-order valence-corrected chi connectivity index (χ3v) is 14.2. The van der Waals surface area contributed by atoms with E-state index in [1.807, 2.05) is 43.3 Å². The van der Waals surface area contributed by atoms with E-state index >= 15 is 0 Å². The number of benzene rings is 3. The lowest BCUT2D eigenvalue weighted by atomic mass is 9.68. The van der Waals surface area contributed by atoms with Crippen LogP contribution in [0.3, 0.4) is 0 Å². The Balaban J connectivity index is 1.16. The molecule has 0 aromatic heterocycles. The number of aryl methyl sites for hydroxylation is 2. The standard InChI is InChI=1S/C43H51N3O6S/c1-28-13-17-36-31(20-28)11-7-19-43(36)26-46-23-33-14-16-35(33)38(50-3)12-6-8-29(2)25-53(49,44-41(47)32-15-18-39(52-27-43)37(46)21-32)45-42(48)40-22-30-9-4-5-10-34(30)24-51-40/h4-6,9-10,12-13,15,17-18,20-21,29,33,35,38,40H,7-8,11,14,16,19,22-27H2,1-3H3,(H,44,45,47,48,49)/b12-6+/t29-,33-,35+,38-,40+,43-,53?/m0/s1. The van der Waals surface area contributed by atoms with Gasteiger partial charge < -0.3 is 19.1 Å². The van der Waals surface area contributed by atoms with Gasteiger partial charge in [0.2, 0.25) is 0 Å². The van der Waals surface area contributed by atoms with E-state index in [0.29, 0.717) is 36.8 Å². The van der Waals surface area contributed by atoms with Crippen LogP contribution in [0.5, 0.6) is 5.75 Å². The molecule has 3 aromatic rings. The van der Waals surface area contributed by atoms with Crippen molar-refractivity contribution in [1.82, 2.24) is 4.72 Å². The summed E-state index contributed by atoms with van der Waals surface area (Å²) < 4.78 is 40.4. The molecule has 3 aromatic carbocycles. The topological polar surface area (TPSA) is 107 Å². The van der Waals surface area contributed by atoms with Crippen LogP contribution < -0.4 is 14.4 Å². The zero-order valence-corrected chi connectivity index (χ0v) is 31.9. The van der Waals surface area contributed by atoms with Gasteiger partial charge in [0.25, 0.3) is 11.8 Å². The van der Waals surface area contributed by atoms with Crippen molar-refractivity contribution in [2.45, 2.75) is 83.0 Å².